The Morgan fingerprint density at radius 3 is 1.85 bits per heavy atom. The first kappa shape index (κ1) is 22.8. The van der Waals surface area contributed by atoms with Crippen molar-refractivity contribution in [2.24, 2.45) is 0 Å². The summed E-state index contributed by atoms with van der Waals surface area (Å²) in [4.78, 5) is 26.8. The van der Waals surface area contributed by atoms with Gasteiger partial charge in [-0.2, -0.15) is 0 Å². The Morgan fingerprint density at radius 2 is 1.35 bits per heavy atom. The van der Waals surface area contributed by atoms with Crippen LogP contribution in [0.1, 0.15) is 10.4 Å². The summed E-state index contributed by atoms with van der Waals surface area (Å²) in [7, 11) is 2.96. The second-order valence-electron chi connectivity index (χ2n) is 7.18. The average Bonchev–Trinajstić information content (AvgIpc) is 2.85. The number of rotatable bonds is 6. The SMILES string of the molecule is COc1cc(NC(=O)c2c(O)n(-c3ccccc3)c(=S)n(-c3ccccc3)c2=O)cc(OC)c1. The first-order chi connectivity index (χ1) is 16.4. The number of para-hydroxylation sites is 2. The minimum Gasteiger partial charge on any atom is -0.497 e. The summed E-state index contributed by atoms with van der Waals surface area (Å²) < 4.78 is 13.0. The van der Waals surface area contributed by atoms with E-state index in [4.69, 9.17) is 21.7 Å². The van der Waals surface area contributed by atoms with Crippen molar-refractivity contribution in [1.82, 2.24) is 9.13 Å². The maximum absolute atomic E-state index is 13.5. The second kappa shape index (κ2) is 9.63. The van der Waals surface area contributed by atoms with E-state index in [0.29, 0.717) is 28.6 Å². The standard InChI is InChI=1S/C25H21N3O5S/c1-32-19-13-16(14-20(15-19)33-2)26-22(29)21-23(30)27(17-9-5-3-6-10-17)25(34)28(24(21)31)18-11-7-4-8-12-18/h3-15,30H,1-2H3,(H,26,29). The van der Waals surface area contributed by atoms with Gasteiger partial charge in [-0.1, -0.05) is 36.4 Å². The van der Waals surface area contributed by atoms with Crippen molar-refractivity contribution in [2.75, 3.05) is 19.5 Å². The van der Waals surface area contributed by atoms with Crippen LogP contribution in [0.2, 0.25) is 0 Å². The van der Waals surface area contributed by atoms with E-state index in [0.717, 1.165) is 0 Å². The number of nitrogens with zero attached hydrogens (tertiary/aromatic N) is 2. The van der Waals surface area contributed by atoms with Gasteiger partial charge in [0.1, 0.15) is 11.5 Å². The van der Waals surface area contributed by atoms with Crippen LogP contribution in [0.3, 0.4) is 0 Å². The smallest absolute Gasteiger partial charge is 0.275 e. The highest BCUT2D eigenvalue weighted by atomic mass is 32.1. The molecule has 4 aromatic rings. The van der Waals surface area contributed by atoms with Gasteiger partial charge in [-0.15, -0.1) is 0 Å². The number of hydrogen-bond acceptors (Lipinski definition) is 6. The molecule has 0 aliphatic rings. The van der Waals surface area contributed by atoms with Crippen molar-refractivity contribution in [1.29, 1.82) is 0 Å². The number of aromatic nitrogens is 2. The molecule has 1 amide bonds. The maximum atomic E-state index is 13.5. The molecule has 0 atom stereocenters. The Balaban J connectivity index is 1.93. The molecule has 0 fully saturated rings. The second-order valence-corrected chi connectivity index (χ2v) is 7.55. The first-order valence-corrected chi connectivity index (χ1v) is 10.6. The van der Waals surface area contributed by atoms with Crippen molar-refractivity contribution >= 4 is 23.8 Å². The van der Waals surface area contributed by atoms with Crippen LogP contribution in [0.5, 0.6) is 17.4 Å². The molecule has 34 heavy (non-hydrogen) atoms. The van der Waals surface area contributed by atoms with E-state index in [2.05, 4.69) is 5.32 Å². The fraction of sp³-hybridized carbons (Fsp3) is 0.0800. The molecule has 0 aliphatic carbocycles. The molecule has 9 heteroatoms. The first-order valence-electron chi connectivity index (χ1n) is 10.2. The van der Waals surface area contributed by atoms with Crippen LogP contribution in [-0.2, 0) is 0 Å². The van der Waals surface area contributed by atoms with Gasteiger partial charge in [0.15, 0.2) is 10.3 Å². The summed E-state index contributed by atoms with van der Waals surface area (Å²) in [5, 5.41) is 13.7. The third-order valence-electron chi connectivity index (χ3n) is 5.10. The molecule has 0 unspecified atom stereocenters. The van der Waals surface area contributed by atoms with Crippen LogP contribution in [0, 0.1) is 4.77 Å². The summed E-state index contributed by atoms with van der Waals surface area (Å²) in [5.41, 5.74) is 0.0439. The number of methoxy groups -OCH3 is 2. The molecule has 0 saturated heterocycles. The van der Waals surface area contributed by atoms with Gasteiger partial charge in [0.25, 0.3) is 11.5 Å². The lowest BCUT2D eigenvalue weighted by Gasteiger charge is -2.17. The van der Waals surface area contributed by atoms with E-state index in [1.54, 1.807) is 78.9 Å². The summed E-state index contributed by atoms with van der Waals surface area (Å²) >= 11 is 5.57. The van der Waals surface area contributed by atoms with E-state index in [1.807, 2.05) is 0 Å². The summed E-state index contributed by atoms with van der Waals surface area (Å²) in [6.07, 6.45) is 0. The van der Waals surface area contributed by atoms with Gasteiger partial charge >= 0.3 is 0 Å². The van der Waals surface area contributed by atoms with Crippen LogP contribution < -0.4 is 20.3 Å². The molecule has 1 heterocycles. The molecule has 0 saturated carbocycles. The number of carbonyl (C=O) groups excluding carboxylic acids is 1. The van der Waals surface area contributed by atoms with Gasteiger partial charge in [-0.05, 0) is 36.5 Å². The number of nitrogens with one attached hydrogen (secondary N) is 1. The van der Waals surface area contributed by atoms with Gasteiger partial charge < -0.3 is 19.9 Å². The average molecular weight is 476 g/mol. The van der Waals surface area contributed by atoms with Gasteiger partial charge in [0.05, 0.1) is 25.6 Å². The van der Waals surface area contributed by atoms with E-state index in [-0.39, 0.29) is 4.77 Å². The van der Waals surface area contributed by atoms with Crippen LogP contribution in [0.25, 0.3) is 11.4 Å². The highest BCUT2D eigenvalue weighted by Crippen LogP contribution is 2.27. The molecule has 0 radical (unpaired) electrons. The van der Waals surface area contributed by atoms with Gasteiger partial charge in [-0.25, -0.2) is 0 Å². The molecule has 1 aromatic heterocycles. The number of hydrogen-bond donors (Lipinski definition) is 2. The molecule has 0 spiro atoms. The van der Waals surface area contributed by atoms with Crippen molar-refractivity contribution in [3.05, 3.63) is 99.6 Å². The summed E-state index contributed by atoms with van der Waals surface area (Å²) in [6.45, 7) is 0. The van der Waals surface area contributed by atoms with Crippen molar-refractivity contribution in [2.45, 2.75) is 0 Å². The third kappa shape index (κ3) is 4.28. The monoisotopic (exact) mass is 475 g/mol. The maximum Gasteiger partial charge on any atom is 0.275 e. The molecule has 8 nitrogen and oxygen atoms in total. The number of amides is 1. The van der Waals surface area contributed by atoms with E-state index >= 15 is 0 Å². The third-order valence-corrected chi connectivity index (χ3v) is 5.47. The number of ether oxygens (including phenoxy) is 2. The van der Waals surface area contributed by atoms with Crippen molar-refractivity contribution in [3.63, 3.8) is 0 Å². The minimum atomic E-state index is -0.817. The topological polar surface area (TPSA) is 94.7 Å². The summed E-state index contributed by atoms with van der Waals surface area (Å²) in [6, 6.07) is 22.2. The highest BCUT2D eigenvalue weighted by molar-refractivity contribution is 7.71. The van der Waals surface area contributed by atoms with Crippen LogP contribution in [0.15, 0.2) is 83.7 Å². The Bertz CT molecular complexity index is 1440. The van der Waals surface area contributed by atoms with Gasteiger partial charge in [-0.3, -0.25) is 18.7 Å². The summed E-state index contributed by atoms with van der Waals surface area (Å²) in [5.74, 6) is -0.496. The van der Waals surface area contributed by atoms with E-state index < -0.39 is 22.9 Å². The zero-order chi connectivity index (χ0) is 24.2. The molecule has 0 bridgehead atoms. The molecule has 0 aliphatic heterocycles. The zero-order valence-electron chi connectivity index (χ0n) is 18.4. The Hall–Kier alpha value is -4.37. The van der Waals surface area contributed by atoms with E-state index in [1.165, 1.54) is 23.4 Å². The molecule has 4 rings (SSSR count). The Labute approximate surface area is 200 Å². The van der Waals surface area contributed by atoms with Crippen LogP contribution in [0.4, 0.5) is 5.69 Å². The van der Waals surface area contributed by atoms with Crippen LogP contribution in [-0.4, -0.2) is 34.4 Å². The number of benzene rings is 3. The quantitative estimate of drug-likeness (QED) is 0.403. The van der Waals surface area contributed by atoms with E-state index in [9.17, 15) is 14.7 Å². The Morgan fingerprint density at radius 1 is 0.853 bits per heavy atom. The van der Waals surface area contributed by atoms with Crippen LogP contribution >= 0.6 is 12.2 Å². The van der Waals surface area contributed by atoms with Crippen molar-refractivity contribution in [3.8, 4) is 28.8 Å². The minimum absolute atomic E-state index is 0.0134. The predicted octanol–water partition coefficient (Wildman–Crippen LogP) is 4.33. The molecule has 172 valence electrons. The van der Waals surface area contributed by atoms with Gasteiger partial charge in [0, 0.05) is 23.9 Å². The fourth-order valence-corrected chi connectivity index (χ4v) is 3.86. The lowest BCUT2D eigenvalue weighted by Crippen LogP contribution is -2.32. The highest BCUT2D eigenvalue weighted by Gasteiger charge is 2.25. The van der Waals surface area contributed by atoms with Gasteiger partial charge in [0.2, 0.25) is 5.88 Å². The van der Waals surface area contributed by atoms with Crippen molar-refractivity contribution < 1.29 is 19.4 Å². The fourth-order valence-electron chi connectivity index (χ4n) is 3.48. The molecule has 3 aromatic carbocycles. The lowest BCUT2D eigenvalue weighted by atomic mass is 10.2. The number of aromatic hydroxyl groups is 1. The molecule has 2 N–H and O–H groups in total. The lowest BCUT2D eigenvalue weighted by molar-refractivity contribution is 0.102. The largest absolute Gasteiger partial charge is 0.497 e. The normalized spacial score (nSPS) is 10.5. The zero-order valence-corrected chi connectivity index (χ0v) is 19.2. The molecular formula is C25H21N3O5S. The number of carbonyl (C=O) groups is 1. The predicted molar refractivity (Wildman–Crippen MR) is 131 cm³/mol. The Kier molecular flexibility index (Phi) is 6.46. The molecular weight excluding hydrogens is 454 g/mol. The number of anilines is 1.